The fourth-order valence-corrected chi connectivity index (χ4v) is 2.49. The van der Waals surface area contributed by atoms with Crippen LogP contribution in [0, 0.1) is 5.92 Å². The molecule has 0 saturated carbocycles. The summed E-state index contributed by atoms with van der Waals surface area (Å²) in [5, 5.41) is 9.42. The van der Waals surface area contributed by atoms with Crippen molar-refractivity contribution in [1.29, 1.82) is 0 Å². The molecule has 2 heteroatoms. The molecule has 1 aromatic rings. The third-order valence-electron chi connectivity index (χ3n) is 3.84. The van der Waals surface area contributed by atoms with E-state index in [-0.39, 0.29) is 12.6 Å². The van der Waals surface area contributed by atoms with E-state index < -0.39 is 0 Å². The zero-order chi connectivity index (χ0) is 14.3. The molecule has 0 aliphatic rings. The van der Waals surface area contributed by atoms with E-state index in [0.29, 0.717) is 5.92 Å². The lowest BCUT2D eigenvalue weighted by Gasteiger charge is -2.29. The molecule has 0 heterocycles. The Morgan fingerprint density at radius 2 is 1.58 bits per heavy atom. The minimum atomic E-state index is 0.240. The zero-order valence-electron chi connectivity index (χ0n) is 12.9. The van der Waals surface area contributed by atoms with E-state index in [1.165, 1.54) is 24.0 Å². The molecule has 1 atom stereocenters. The van der Waals surface area contributed by atoms with Crippen LogP contribution in [0.2, 0.25) is 0 Å². The van der Waals surface area contributed by atoms with Crippen molar-refractivity contribution in [2.24, 2.45) is 5.92 Å². The SMILES string of the molecule is CCCc1ccc(CCN(C)C(CO)C(C)C)cc1. The molecule has 0 fully saturated rings. The number of rotatable bonds is 8. The van der Waals surface area contributed by atoms with E-state index in [9.17, 15) is 5.11 Å². The van der Waals surface area contributed by atoms with E-state index in [0.717, 1.165) is 13.0 Å². The highest BCUT2D eigenvalue weighted by Gasteiger charge is 2.16. The predicted octanol–water partition coefficient (Wildman–Crippen LogP) is 3.13. The minimum Gasteiger partial charge on any atom is -0.395 e. The zero-order valence-corrected chi connectivity index (χ0v) is 12.9. The third kappa shape index (κ3) is 5.33. The Kier molecular flexibility index (Phi) is 7.11. The molecular formula is C17H29NO. The van der Waals surface area contributed by atoms with Crippen LogP contribution in [0.5, 0.6) is 0 Å². The van der Waals surface area contributed by atoms with Gasteiger partial charge in [-0.15, -0.1) is 0 Å². The summed E-state index contributed by atoms with van der Waals surface area (Å²) in [4.78, 5) is 2.27. The maximum atomic E-state index is 9.42. The number of aryl methyl sites for hydroxylation is 1. The van der Waals surface area contributed by atoms with Crippen LogP contribution in [0.3, 0.4) is 0 Å². The summed E-state index contributed by atoms with van der Waals surface area (Å²) < 4.78 is 0. The lowest BCUT2D eigenvalue weighted by atomic mass is 10.0. The molecule has 0 radical (unpaired) electrons. The minimum absolute atomic E-state index is 0.240. The predicted molar refractivity (Wildman–Crippen MR) is 82.5 cm³/mol. The summed E-state index contributed by atoms with van der Waals surface area (Å²) in [7, 11) is 2.10. The van der Waals surface area contributed by atoms with E-state index in [4.69, 9.17) is 0 Å². The first-order chi connectivity index (χ1) is 9.08. The highest BCUT2D eigenvalue weighted by atomic mass is 16.3. The van der Waals surface area contributed by atoms with Gasteiger partial charge in [-0.05, 0) is 36.9 Å². The molecule has 0 aliphatic carbocycles. The summed E-state index contributed by atoms with van der Waals surface area (Å²) in [6, 6.07) is 9.22. The number of likely N-dealkylation sites (N-methyl/N-ethyl adjacent to an activating group) is 1. The van der Waals surface area contributed by atoms with Crippen molar-refractivity contribution in [2.75, 3.05) is 20.2 Å². The summed E-state index contributed by atoms with van der Waals surface area (Å²) in [6.45, 7) is 7.78. The van der Waals surface area contributed by atoms with Crippen molar-refractivity contribution in [2.45, 2.75) is 46.1 Å². The van der Waals surface area contributed by atoms with Crippen LogP contribution in [0.25, 0.3) is 0 Å². The fraction of sp³-hybridized carbons (Fsp3) is 0.647. The molecule has 1 N–H and O–H groups in total. The number of benzene rings is 1. The average Bonchev–Trinajstić information content (AvgIpc) is 2.38. The normalized spacial score (nSPS) is 13.2. The van der Waals surface area contributed by atoms with Crippen molar-refractivity contribution in [1.82, 2.24) is 4.90 Å². The summed E-state index contributed by atoms with van der Waals surface area (Å²) >= 11 is 0. The van der Waals surface area contributed by atoms with Gasteiger partial charge in [0.2, 0.25) is 0 Å². The maximum absolute atomic E-state index is 9.42. The van der Waals surface area contributed by atoms with Crippen LogP contribution in [-0.4, -0.2) is 36.2 Å². The summed E-state index contributed by atoms with van der Waals surface area (Å²) in [5.74, 6) is 0.488. The van der Waals surface area contributed by atoms with Gasteiger partial charge in [-0.25, -0.2) is 0 Å². The molecule has 0 amide bonds. The molecule has 0 aliphatic heterocycles. The van der Waals surface area contributed by atoms with Gasteiger partial charge in [-0.2, -0.15) is 0 Å². The van der Waals surface area contributed by atoms with E-state index in [1.54, 1.807) is 0 Å². The van der Waals surface area contributed by atoms with Crippen molar-refractivity contribution in [3.8, 4) is 0 Å². The fourth-order valence-electron chi connectivity index (χ4n) is 2.49. The Labute approximate surface area is 118 Å². The van der Waals surface area contributed by atoms with Crippen LogP contribution in [-0.2, 0) is 12.8 Å². The average molecular weight is 263 g/mol. The molecule has 0 aromatic heterocycles. The highest BCUT2D eigenvalue weighted by Crippen LogP contribution is 2.11. The van der Waals surface area contributed by atoms with Crippen LogP contribution in [0.4, 0.5) is 0 Å². The van der Waals surface area contributed by atoms with E-state index in [1.807, 2.05) is 0 Å². The second kappa shape index (κ2) is 8.34. The molecule has 0 saturated heterocycles. The molecule has 0 bridgehead atoms. The van der Waals surface area contributed by atoms with Crippen LogP contribution in [0.1, 0.15) is 38.3 Å². The smallest absolute Gasteiger partial charge is 0.0589 e. The molecule has 19 heavy (non-hydrogen) atoms. The van der Waals surface area contributed by atoms with Gasteiger partial charge in [0.15, 0.2) is 0 Å². The number of hydrogen-bond donors (Lipinski definition) is 1. The number of aliphatic hydroxyl groups is 1. The second-order valence-corrected chi connectivity index (χ2v) is 5.79. The molecule has 0 spiro atoms. The van der Waals surface area contributed by atoms with E-state index in [2.05, 4.69) is 57.0 Å². The van der Waals surface area contributed by atoms with Crippen LogP contribution < -0.4 is 0 Å². The Bertz CT molecular complexity index is 345. The monoisotopic (exact) mass is 263 g/mol. The molecule has 2 nitrogen and oxygen atoms in total. The first-order valence-corrected chi connectivity index (χ1v) is 7.47. The number of hydrogen-bond acceptors (Lipinski definition) is 2. The Balaban J connectivity index is 2.47. The number of aliphatic hydroxyl groups excluding tert-OH is 1. The van der Waals surface area contributed by atoms with Crippen molar-refractivity contribution in [3.05, 3.63) is 35.4 Å². The standard InChI is InChI=1S/C17H29NO/c1-5-6-15-7-9-16(10-8-15)11-12-18(4)17(13-19)14(2)3/h7-10,14,17,19H,5-6,11-13H2,1-4H3. The topological polar surface area (TPSA) is 23.5 Å². The quantitative estimate of drug-likeness (QED) is 0.779. The number of nitrogens with zero attached hydrogens (tertiary/aromatic N) is 1. The van der Waals surface area contributed by atoms with Gasteiger partial charge >= 0.3 is 0 Å². The van der Waals surface area contributed by atoms with Crippen LogP contribution >= 0.6 is 0 Å². The van der Waals surface area contributed by atoms with Crippen molar-refractivity contribution in [3.63, 3.8) is 0 Å². The van der Waals surface area contributed by atoms with Gasteiger partial charge in [0.25, 0.3) is 0 Å². The van der Waals surface area contributed by atoms with Crippen molar-refractivity contribution < 1.29 is 5.11 Å². The van der Waals surface area contributed by atoms with Gasteiger partial charge in [-0.1, -0.05) is 51.5 Å². The summed E-state index contributed by atoms with van der Waals surface area (Å²) in [6.07, 6.45) is 3.42. The largest absolute Gasteiger partial charge is 0.395 e. The van der Waals surface area contributed by atoms with Gasteiger partial charge < -0.3 is 10.0 Å². The molecule has 108 valence electrons. The summed E-state index contributed by atoms with van der Waals surface area (Å²) in [5.41, 5.74) is 2.81. The molecular weight excluding hydrogens is 234 g/mol. The van der Waals surface area contributed by atoms with Gasteiger partial charge in [0.05, 0.1) is 6.61 Å². The first-order valence-electron chi connectivity index (χ1n) is 7.47. The van der Waals surface area contributed by atoms with Crippen molar-refractivity contribution >= 4 is 0 Å². The first kappa shape index (κ1) is 16.2. The second-order valence-electron chi connectivity index (χ2n) is 5.79. The van der Waals surface area contributed by atoms with Gasteiger partial charge in [0.1, 0.15) is 0 Å². The Morgan fingerprint density at radius 1 is 1.05 bits per heavy atom. The van der Waals surface area contributed by atoms with Gasteiger partial charge in [0, 0.05) is 12.6 Å². The molecule has 1 unspecified atom stereocenters. The van der Waals surface area contributed by atoms with E-state index >= 15 is 0 Å². The third-order valence-corrected chi connectivity index (χ3v) is 3.84. The Morgan fingerprint density at radius 3 is 2.00 bits per heavy atom. The Hall–Kier alpha value is -0.860. The lowest BCUT2D eigenvalue weighted by molar-refractivity contribution is 0.114. The lowest BCUT2D eigenvalue weighted by Crippen LogP contribution is -2.39. The molecule has 1 rings (SSSR count). The molecule has 1 aromatic carbocycles. The maximum Gasteiger partial charge on any atom is 0.0589 e. The van der Waals surface area contributed by atoms with Gasteiger partial charge in [-0.3, -0.25) is 0 Å². The van der Waals surface area contributed by atoms with Crippen LogP contribution in [0.15, 0.2) is 24.3 Å². The highest BCUT2D eigenvalue weighted by molar-refractivity contribution is 5.22.